The molecule has 0 bridgehead atoms. The van der Waals surface area contributed by atoms with Crippen molar-refractivity contribution in [2.75, 3.05) is 0 Å². The number of hydrogen-bond donors (Lipinski definition) is 1. The van der Waals surface area contributed by atoms with Gasteiger partial charge in [-0.1, -0.05) is 18.2 Å². The van der Waals surface area contributed by atoms with Crippen LogP contribution in [0.1, 0.15) is 29.9 Å². The zero-order chi connectivity index (χ0) is 11.8. The fraction of sp³-hybridized carbons (Fsp3) is 0.455. The summed E-state index contributed by atoms with van der Waals surface area (Å²) >= 11 is 0. The van der Waals surface area contributed by atoms with E-state index in [1.54, 1.807) is 12.1 Å². The van der Waals surface area contributed by atoms with Crippen LogP contribution in [0.25, 0.3) is 0 Å². The Kier molecular flexibility index (Phi) is 2.80. The minimum absolute atomic E-state index is 0.142. The maximum absolute atomic E-state index is 12.2. The molecule has 0 spiro atoms. The van der Waals surface area contributed by atoms with Gasteiger partial charge in [0.2, 0.25) is 0 Å². The van der Waals surface area contributed by atoms with Gasteiger partial charge >= 0.3 is 6.36 Å². The summed E-state index contributed by atoms with van der Waals surface area (Å²) in [5.41, 5.74) is 0.727. The Morgan fingerprint density at radius 3 is 2.50 bits per heavy atom. The lowest BCUT2D eigenvalue weighted by atomic mass is 10.1. The second-order valence-corrected chi connectivity index (χ2v) is 3.82. The first kappa shape index (κ1) is 11.3. The van der Waals surface area contributed by atoms with Crippen LogP contribution >= 0.6 is 0 Å². The van der Waals surface area contributed by atoms with Gasteiger partial charge in [0.1, 0.15) is 5.75 Å². The summed E-state index contributed by atoms with van der Waals surface area (Å²) in [7, 11) is 0. The van der Waals surface area contributed by atoms with Crippen LogP contribution in [0.15, 0.2) is 18.2 Å². The van der Waals surface area contributed by atoms with Gasteiger partial charge in [-0.3, -0.25) is 0 Å². The molecule has 0 radical (unpaired) electrons. The molecule has 1 aromatic carbocycles. The minimum Gasteiger partial charge on any atom is -0.405 e. The van der Waals surface area contributed by atoms with E-state index in [-0.39, 0.29) is 17.2 Å². The first-order valence-corrected chi connectivity index (χ1v) is 4.99. The molecule has 0 amide bonds. The van der Waals surface area contributed by atoms with E-state index in [0.717, 1.165) is 12.8 Å². The Balaban J connectivity index is 2.37. The predicted molar refractivity (Wildman–Crippen MR) is 51.0 cm³/mol. The normalized spacial score (nSPS) is 16.2. The Labute approximate surface area is 90.7 Å². The van der Waals surface area contributed by atoms with E-state index in [1.165, 1.54) is 6.07 Å². The van der Waals surface area contributed by atoms with Crippen LogP contribution in [-0.2, 0) is 6.61 Å². The molecule has 0 aromatic heterocycles. The van der Waals surface area contributed by atoms with Gasteiger partial charge in [-0.25, -0.2) is 0 Å². The molecule has 0 saturated heterocycles. The zero-order valence-corrected chi connectivity index (χ0v) is 8.42. The Hall–Kier alpha value is -1.23. The number of para-hydroxylation sites is 1. The smallest absolute Gasteiger partial charge is 0.405 e. The molecule has 0 heterocycles. The lowest BCUT2D eigenvalue weighted by Gasteiger charge is -2.15. The number of halogens is 3. The van der Waals surface area contributed by atoms with Crippen LogP contribution in [0.2, 0.25) is 0 Å². The molecule has 1 aliphatic rings. The molecule has 1 N–H and O–H groups in total. The summed E-state index contributed by atoms with van der Waals surface area (Å²) in [4.78, 5) is 0. The van der Waals surface area contributed by atoms with Gasteiger partial charge < -0.3 is 9.84 Å². The lowest BCUT2D eigenvalue weighted by molar-refractivity contribution is -0.275. The van der Waals surface area contributed by atoms with Crippen molar-refractivity contribution >= 4 is 0 Å². The van der Waals surface area contributed by atoms with Gasteiger partial charge in [0.25, 0.3) is 0 Å². The fourth-order valence-corrected chi connectivity index (χ4v) is 1.69. The van der Waals surface area contributed by atoms with Gasteiger partial charge in [0, 0.05) is 5.56 Å². The highest BCUT2D eigenvalue weighted by Crippen LogP contribution is 2.46. The Bertz CT molecular complexity index is 383. The van der Waals surface area contributed by atoms with Crippen molar-refractivity contribution in [3.63, 3.8) is 0 Å². The highest BCUT2D eigenvalue weighted by atomic mass is 19.4. The van der Waals surface area contributed by atoms with Crippen LogP contribution in [0.5, 0.6) is 5.75 Å². The van der Waals surface area contributed by atoms with E-state index in [0.29, 0.717) is 5.56 Å². The molecule has 88 valence electrons. The maximum atomic E-state index is 12.2. The molecule has 0 atom stereocenters. The number of hydrogen-bond acceptors (Lipinski definition) is 2. The summed E-state index contributed by atoms with van der Waals surface area (Å²) in [6.45, 7) is -0.452. The van der Waals surface area contributed by atoms with Gasteiger partial charge in [0.15, 0.2) is 0 Å². The first-order chi connectivity index (χ1) is 7.51. The third kappa shape index (κ3) is 2.47. The molecule has 0 unspecified atom stereocenters. The van der Waals surface area contributed by atoms with E-state index < -0.39 is 13.0 Å². The highest BCUT2D eigenvalue weighted by Gasteiger charge is 2.36. The Morgan fingerprint density at radius 1 is 1.31 bits per heavy atom. The maximum Gasteiger partial charge on any atom is 0.573 e. The lowest BCUT2D eigenvalue weighted by Crippen LogP contribution is -2.19. The van der Waals surface area contributed by atoms with Crippen LogP contribution in [0.3, 0.4) is 0 Å². The van der Waals surface area contributed by atoms with E-state index in [4.69, 9.17) is 5.11 Å². The van der Waals surface area contributed by atoms with Gasteiger partial charge in [0.05, 0.1) is 6.61 Å². The van der Waals surface area contributed by atoms with Gasteiger partial charge in [-0.2, -0.15) is 0 Å². The third-order valence-electron chi connectivity index (χ3n) is 2.53. The highest BCUT2D eigenvalue weighted by molar-refractivity contribution is 5.45. The molecule has 1 fully saturated rings. The predicted octanol–water partition coefficient (Wildman–Crippen LogP) is 2.95. The first-order valence-electron chi connectivity index (χ1n) is 4.99. The Morgan fingerprint density at radius 2 is 2.00 bits per heavy atom. The van der Waals surface area contributed by atoms with Crippen molar-refractivity contribution < 1.29 is 23.0 Å². The van der Waals surface area contributed by atoms with Crippen molar-refractivity contribution in [2.45, 2.75) is 31.7 Å². The quantitative estimate of drug-likeness (QED) is 0.868. The molecule has 1 aliphatic carbocycles. The van der Waals surface area contributed by atoms with Crippen LogP contribution in [0, 0.1) is 0 Å². The number of aliphatic hydroxyl groups is 1. The monoisotopic (exact) mass is 232 g/mol. The molecule has 1 aromatic rings. The molecule has 2 nitrogen and oxygen atoms in total. The topological polar surface area (TPSA) is 29.5 Å². The summed E-state index contributed by atoms with van der Waals surface area (Å²) < 4.78 is 40.6. The third-order valence-corrected chi connectivity index (χ3v) is 2.53. The average molecular weight is 232 g/mol. The molecule has 2 rings (SSSR count). The van der Waals surface area contributed by atoms with Gasteiger partial charge in [-0.05, 0) is 24.3 Å². The average Bonchev–Trinajstić information content (AvgIpc) is 2.99. The second kappa shape index (κ2) is 3.97. The molecule has 1 saturated carbocycles. The molecular formula is C11H11F3O2. The number of alkyl halides is 3. The van der Waals surface area contributed by atoms with Crippen molar-refractivity contribution in [1.29, 1.82) is 0 Å². The summed E-state index contributed by atoms with van der Waals surface area (Å²) in [5.74, 6) is -0.0798. The SMILES string of the molecule is OCc1cccc(C2CC2)c1OC(F)(F)F. The van der Waals surface area contributed by atoms with Gasteiger partial charge in [-0.15, -0.1) is 13.2 Å². The van der Waals surface area contributed by atoms with E-state index >= 15 is 0 Å². The van der Waals surface area contributed by atoms with Crippen LogP contribution in [-0.4, -0.2) is 11.5 Å². The van der Waals surface area contributed by atoms with Crippen LogP contribution < -0.4 is 4.74 Å². The van der Waals surface area contributed by atoms with Crippen molar-refractivity contribution in [3.05, 3.63) is 29.3 Å². The second-order valence-electron chi connectivity index (χ2n) is 3.82. The van der Waals surface area contributed by atoms with E-state index in [1.807, 2.05) is 0 Å². The molecular weight excluding hydrogens is 221 g/mol. The van der Waals surface area contributed by atoms with Crippen molar-refractivity contribution in [3.8, 4) is 5.75 Å². The number of ether oxygens (including phenoxy) is 1. The molecule has 5 heteroatoms. The summed E-state index contributed by atoms with van der Waals surface area (Å²) in [6.07, 6.45) is -2.96. The largest absolute Gasteiger partial charge is 0.573 e. The molecule has 0 aliphatic heterocycles. The van der Waals surface area contributed by atoms with E-state index in [2.05, 4.69) is 4.74 Å². The van der Waals surface area contributed by atoms with E-state index in [9.17, 15) is 13.2 Å². The van der Waals surface area contributed by atoms with Crippen molar-refractivity contribution in [1.82, 2.24) is 0 Å². The number of rotatable bonds is 3. The standard InChI is InChI=1S/C11H11F3O2/c12-11(13,14)16-10-8(6-15)2-1-3-9(10)7-4-5-7/h1-3,7,15H,4-6H2. The summed E-state index contributed by atoms with van der Waals surface area (Å²) in [6, 6.07) is 4.70. The zero-order valence-electron chi connectivity index (χ0n) is 8.42. The number of aliphatic hydroxyl groups excluding tert-OH is 1. The van der Waals surface area contributed by atoms with Crippen LogP contribution in [0.4, 0.5) is 13.2 Å². The fourth-order valence-electron chi connectivity index (χ4n) is 1.69. The summed E-state index contributed by atoms with van der Waals surface area (Å²) in [5, 5.41) is 8.99. The number of benzene rings is 1. The minimum atomic E-state index is -4.71. The van der Waals surface area contributed by atoms with Crippen molar-refractivity contribution in [2.24, 2.45) is 0 Å². The molecule has 16 heavy (non-hydrogen) atoms.